The topological polar surface area (TPSA) is 12.2 Å². The van der Waals surface area contributed by atoms with Crippen LogP contribution in [0.1, 0.15) is 5.56 Å². The van der Waals surface area contributed by atoms with Crippen LogP contribution < -0.4 is 9.13 Å². The molecule has 0 N–H and O–H groups in total. The molecule has 0 atom stereocenters. The van der Waals surface area contributed by atoms with Gasteiger partial charge in [0.05, 0.1) is 5.39 Å². The molecule has 1 aromatic carbocycles. The summed E-state index contributed by atoms with van der Waals surface area (Å²) in [6.45, 7) is 0.986. The van der Waals surface area contributed by atoms with E-state index < -0.39 is 0 Å². The van der Waals surface area contributed by atoms with Crippen molar-refractivity contribution >= 4 is 27.5 Å². The predicted octanol–water partition coefficient (Wildman–Crippen LogP) is 1.72. The number of hydrogen-bond donors (Lipinski definition) is 0. The van der Waals surface area contributed by atoms with Gasteiger partial charge in [-0.25, -0.2) is 9.13 Å². The Balaban J connectivity index is 2.30. The molecule has 3 nitrogen and oxygen atoms in total. The average molecular weight is 247 g/mol. The minimum Gasteiger partial charge on any atom is -0.225 e. The van der Waals surface area contributed by atoms with Crippen LogP contribution in [0.4, 0.5) is 0 Å². The third-order valence-corrected chi connectivity index (χ3v) is 4.29. The van der Waals surface area contributed by atoms with Crippen LogP contribution in [0.2, 0.25) is 0 Å². The highest BCUT2D eigenvalue weighted by atomic mass is 15.1. The lowest BCUT2D eigenvalue weighted by Crippen LogP contribution is -2.28. The molecule has 5 rings (SSSR count). The van der Waals surface area contributed by atoms with E-state index in [0.717, 1.165) is 6.54 Å². The largest absolute Gasteiger partial charge is 0.301 e. The van der Waals surface area contributed by atoms with E-state index in [2.05, 4.69) is 69.5 Å². The summed E-state index contributed by atoms with van der Waals surface area (Å²) in [5.74, 6) is 0. The molecule has 3 heteroatoms. The van der Waals surface area contributed by atoms with Crippen LogP contribution in [0.5, 0.6) is 0 Å². The summed E-state index contributed by atoms with van der Waals surface area (Å²) < 4.78 is 6.89. The lowest BCUT2D eigenvalue weighted by atomic mass is 10.1. The molecule has 19 heavy (non-hydrogen) atoms. The Morgan fingerprint density at radius 2 is 2.00 bits per heavy atom. The van der Waals surface area contributed by atoms with Gasteiger partial charge in [0.2, 0.25) is 5.52 Å². The number of pyridine rings is 2. The molecule has 3 aromatic heterocycles. The SMILES string of the molecule is C[n+]1ccc2c3c1c1ccccc1n1cc[n+](c31)C2. The van der Waals surface area contributed by atoms with Crippen molar-refractivity contribution in [3.05, 3.63) is 54.5 Å². The lowest BCUT2D eigenvalue weighted by molar-refractivity contribution is -0.657. The molecule has 4 aromatic rings. The van der Waals surface area contributed by atoms with Crippen LogP contribution in [0, 0.1) is 0 Å². The minimum atomic E-state index is 0.986. The van der Waals surface area contributed by atoms with Gasteiger partial charge in [-0.2, -0.15) is 4.40 Å². The first-order chi connectivity index (χ1) is 9.34. The Hall–Kier alpha value is -2.42. The van der Waals surface area contributed by atoms with Gasteiger partial charge in [0.15, 0.2) is 6.20 Å². The summed E-state index contributed by atoms with van der Waals surface area (Å²) in [6.07, 6.45) is 6.53. The summed E-state index contributed by atoms with van der Waals surface area (Å²) in [5, 5.41) is 2.72. The molecule has 0 saturated heterocycles. The number of aryl methyl sites for hydroxylation is 1. The number of para-hydroxylation sites is 1. The first kappa shape index (κ1) is 9.50. The molecule has 0 radical (unpaired) electrons. The summed E-state index contributed by atoms with van der Waals surface area (Å²) in [4.78, 5) is 0. The van der Waals surface area contributed by atoms with E-state index in [4.69, 9.17) is 0 Å². The van der Waals surface area contributed by atoms with Crippen molar-refractivity contribution < 1.29 is 9.13 Å². The zero-order valence-corrected chi connectivity index (χ0v) is 10.7. The van der Waals surface area contributed by atoms with Crippen molar-refractivity contribution in [3.8, 4) is 0 Å². The molecule has 0 bridgehead atoms. The van der Waals surface area contributed by atoms with E-state index >= 15 is 0 Å². The van der Waals surface area contributed by atoms with Crippen LogP contribution in [0.15, 0.2) is 48.9 Å². The fourth-order valence-electron chi connectivity index (χ4n) is 3.47. The highest BCUT2D eigenvalue weighted by molar-refractivity contribution is 6.08. The lowest BCUT2D eigenvalue weighted by Gasteiger charge is -2.01. The smallest absolute Gasteiger partial charge is 0.225 e. The van der Waals surface area contributed by atoms with Crippen molar-refractivity contribution in [2.45, 2.75) is 6.54 Å². The van der Waals surface area contributed by atoms with E-state index in [0.29, 0.717) is 0 Å². The standard InChI is InChI=1S/C16H13N3/c1-17-7-6-11-10-18-8-9-19-13-5-3-2-4-12(13)15(17)14(11)16(18)19/h2-9H,10H2,1H3/q+2. The number of benzene rings is 1. The molecular weight excluding hydrogens is 234 g/mol. The van der Waals surface area contributed by atoms with Crippen molar-refractivity contribution in [2.24, 2.45) is 7.05 Å². The predicted molar refractivity (Wildman–Crippen MR) is 72.9 cm³/mol. The van der Waals surface area contributed by atoms with Gasteiger partial charge in [-0.15, -0.1) is 0 Å². The van der Waals surface area contributed by atoms with Gasteiger partial charge < -0.3 is 0 Å². The molecule has 1 aliphatic rings. The molecule has 0 spiro atoms. The number of imidazole rings is 1. The van der Waals surface area contributed by atoms with Crippen LogP contribution in [0.25, 0.3) is 27.5 Å². The second kappa shape index (κ2) is 2.94. The maximum Gasteiger partial charge on any atom is 0.301 e. The van der Waals surface area contributed by atoms with E-state index in [1.807, 2.05) is 0 Å². The van der Waals surface area contributed by atoms with Crippen LogP contribution >= 0.6 is 0 Å². The molecule has 4 heterocycles. The molecule has 1 aliphatic heterocycles. The fraction of sp³-hybridized carbons (Fsp3) is 0.125. The van der Waals surface area contributed by atoms with Gasteiger partial charge in [-0.05, 0) is 12.1 Å². The Bertz CT molecular complexity index is 995. The third-order valence-electron chi connectivity index (χ3n) is 4.29. The third kappa shape index (κ3) is 0.964. The first-order valence-electron chi connectivity index (χ1n) is 6.57. The Labute approximate surface area is 109 Å². The van der Waals surface area contributed by atoms with Crippen molar-refractivity contribution in [1.82, 2.24) is 4.40 Å². The summed E-state index contributed by atoms with van der Waals surface area (Å²) in [5.41, 5.74) is 5.36. The Morgan fingerprint density at radius 1 is 1.11 bits per heavy atom. The van der Waals surface area contributed by atoms with Crippen LogP contribution in [0.3, 0.4) is 0 Å². The Morgan fingerprint density at radius 3 is 2.95 bits per heavy atom. The van der Waals surface area contributed by atoms with Crippen molar-refractivity contribution in [2.75, 3.05) is 0 Å². The van der Waals surface area contributed by atoms with E-state index in [9.17, 15) is 0 Å². The van der Waals surface area contributed by atoms with Crippen molar-refractivity contribution in [1.29, 1.82) is 0 Å². The first-order valence-corrected chi connectivity index (χ1v) is 6.57. The van der Waals surface area contributed by atoms with Crippen LogP contribution in [-0.4, -0.2) is 4.40 Å². The quantitative estimate of drug-likeness (QED) is 0.292. The molecule has 0 saturated carbocycles. The number of fused-ring (bicyclic) bond motifs is 3. The highest BCUT2D eigenvalue weighted by Gasteiger charge is 2.31. The Kier molecular flexibility index (Phi) is 1.47. The molecule has 0 fully saturated rings. The maximum absolute atomic E-state index is 2.34. The molecule has 0 amide bonds. The average Bonchev–Trinajstić information content (AvgIpc) is 3.00. The minimum absolute atomic E-state index is 0.986. The number of hydrogen-bond acceptors (Lipinski definition) is 0. The maximum atomic E-state index is 2.34. The zero-order valence-electron chi connectivity index (χ0n) is 10.7. The van der Waals surface area contributed by atoms with Gasteiger partial charge in [-0.3, -0.25) is 0 Å². The normalized spacial score (nSPS) is 13.3. The fourth-order valence-corrected chi connectivity index (χ4v) is 3.47. The molecule has 0 aliphatic carbocycles. The zero-order chi connectivity index (χ0) is 12.6. The second-order valence-electron chi connectivity index (χ2n) is 5.31. The van der Waals surface area contributed by atoms with E-state index in [1.54, 1.807) is 0 Å². The van der Waals surface area contributed by atoms with Gasteiger partial charge in [-0.1, -0.05) is 12.1 Å². The summed E-state index contributed by atoms with van der Waals surface area (Å²) in [6, 6.07) is 10.9. The molecule has 90 valence electrons. The second-order valence-corrected chi connectivity index (χ2v) is 5.31. The number of nitrogens with zero attached hydrogens (tertiary/aromatic N) is 3. The molecular formula is C16H13N3+2. The van der Waals surface area contributed by atoms with Gasteiger partial charge in [0, 0.05) is 11.6 Å². The molecule has 0 unspecified atom stereocenters. The van der Waals surface area contributed by atoms with Gasteiger partial charge >= 0.3 is 5.65 Å². The van der Waals surface area contributed by atoms with Crippen LogP contribution in [-0.2, 0) is 13.6 Å². The summed E-state index contributed by atoms with van der Waals surface area (Å²) >= 11 is 0. The highest BCUT2D eigenvalue weighted by Crippen LogP contribution is 2.30. The van der Waals surface area contributed by atoms with Gasteiger partial charge in [0.1, 0.15) is 36.9 Å². The summed E-state index contributed by atoms with van der Waals surface area (Å²) in [7, 11) is 2.13. The number of rotatable bonds is 0. The van der Waals surface area contributed by atoms with Crippen molar-refractivity contribution in [3.63, 3.8) is 0 Å². The van der Waals surface area contributed by atoms with Gasteiger partial charge in [0.25, 0.3) is 0 Å². The number of aromatic nitrogens is 3. The monoisotopic (exact) mass is 247 g/mol. The van der Waals surface area contributed by atoms with E-state index in [1.165, 1.54) is 33.0 Å². The van der Waals surface area contributed by atoms with E-state index in [-0.39, 0.29) is 0 Å².